The molecule has 0 aromatic carbocycles. The zero-order valence-corrected chi connectivity index (χ0v) is 10.3. The lowest BCUT2D eigenvalue weighted by atomic mass is 9.58. The summed E-state index contributed by atoms with van der Waals surface area (Å²) in [5, 5.41) is 10.9. The highest BCUT2D eigenvalue weighted by atomic mass is 16.3. The summed E-state index contributed by atoms with van der Waals surface area (Å²) in [5.41, 5.74) is -0.923. The lowest BCUT2D eigenvalue weighted by Gasteiger charge is -2.50. The second-order valence-corrected chi connectivity index (χ2v) is 6.46. The van der Waals surface area contributed by atoms with E-state index in [0.29, 0.717) is 12.3 Å². The van der Waals surface area contributed by atoms with Gasteiger partial charge in [-0.15, -0.1) is 0 Å². The Morgan fingerprint density at radius 1 is 1.40 bits per heavy atom. The van der Waals surface area contributed by atoms with Crippen LogP contribution in [0.25, 0.3) is 0 Å². The third kappa shape index (κ3) is 1.17. The van der Waals surface area contributed by atoms with Crippen LogP contribution in [0.2, 0.25) is 0 Å². The predicted octanol–water partition coefficient (Wildman–Crippen LogP) is 2.54. The largest absolute Gasteiger partial charge is 0.388 e. The van der Waals surface area contributed by atoms with Gasteiger partial charge in [0.05, 0.1) is 5.60 Å². The predicted molar refractivity (Wildman–Crippen MR) is 59.5 cm³/mol. The van der Waals surface area contributed by atoms with Gasteiger partial charge in [0.15, 0.2) is 0 Å². The molecular formula is C13H22O2. The molecule has 0 saturated heterocycles. The van der Waals surface area contributed by atoms with E-state index < -0.39 is 5.60 Å². The maximum atomic E-state index is 11.4. The van der Waals surface area contributed by atoms with Crippen molar-refractivity contribution in [3.8, 4) is 0 Å². The highest BCUT2D eigenvalue weighted by Gasteiger charge is 2.68. The Bertz CT molecular complexity index is 301. The molecule has 3 atom stereocenters. The van der Waals surface area contributed by atoms with Crippen molar-refractivity contribution in [3.63, 3.8) is 0 Å². The Morgan fingerprint density at radius 3 is 2.40 bits per heavy atom. The molecule has 0 unspecified atom stereocenters. The summed E-state index contributed by atoms with van der Waals surface area (Å²) in [7, 11) is 0. The molecule has 2 heteroatoms. The summed E-state index contributed by atoms with van der Waals surface area (Å²) < 4.78 is 0. The fourth-order valence-electron chi connectivity index (χ4n) is 4.15. The van der Waals surface area contributed by atoms with E-state index in [2.05, 4.69) is 20.8 Å². The van der Waals surface area contributed by atoms with Crippen LogP contribution in [0.4, 0.5) is 0 Å². The van der Waals surface area contributed by atoms with Gasteiger partial charge in [0, 0.05) is 6.42 Å². The van der Waals surface area contributed by atoms with Gasteiger partial charge in [0.1, 0.15) is 5.78 Å². The fourth-order valence-corrected chi connectivity index (χ4v) is 4.15. The zero-order valence-electron chi connectivity index (χ0n) is 10.3. The van der Waals surface area contributed by atoms with Crippen LogP contribution < -0.4 is 0 Å². The zero-order chi connectivity index (χ0) is 11.5. The van der Waals surface area contributed by atoms with E-state index in [1.165, 1.54) is 6.42 Å². The van der Waals surface area contributed by atoms with E-state index in [1.54, 1.807) is 6.92 Å². The van der Waals surface area contributed by atoms with Crippen LogP contribution in [0, 0.1) is 16.7 Å². The molecular weight excluding hydrogens is 188 g/mol. The number of ketones is 1. The third-order valence-electron chi connectivity index (χ3n) is 5.33. The number of hydrogen-bond acceptors (Lipinski definition) is 2. The summed E-state index contributed by atoms with van der Waals surface area (Å²) in [6.07, 6.45) is 3.70. The Morgan fingerprint density at radius 2 is 2.00 bits per heavy atom. The van der Waals surface area contributed by atoms with Gasteiger partial charge in [-0.2, -0.15) is 0 Å². The number of rotatable bonds is 2. The summed E-state index contributed by atoms with van der Waals surface area (Å²) in [5.74, 6) is 0.700. The quantitative estimate of drug-likeness (QED) is 0.760. The number of carbonyl (C=O) groups excluding carboxylic acids is 1. The minimum atomic E-state index is -0.783. The van der Waals surface area contributed by atoms with Crippen molar-refractivity contribution in [2.24, 2.45) is 16.7 Å². The normalized spacial score (nSPS) is 47.1. The van der Waals surface area contributed by atoms with Gasteiger partial charge >= 0.3 is 0 Å². The topological polar surface area (TPSA) is 37.3 Å². The summed E-state index contributed by atoms with van der Waals surface area (Å²) in [4.78, 5) is 11.4. The van der Waals surface area contributed by atoms with E-state index >= 15 is 0 Å². The van der Waals surface area contributed by atoms with Crippen molar-refractivity contribution in [3.05, 3.63) is 0 Å². The molecule has 0 aliphatic heterocycles. The maximum Gasteiger partial charge on any atom is 0.132 e. The number of carbonyl (C=O) groups is 1. The lowest BCUT2D eigenvalue weighted by Crippen LogP contribution is -2.55. The lowest BCUT2D eigenvalue weighted by molar-refractivity contribution is -0.158. The molecule has 15 heavy (non-hydrogen) atoms. The Balaban J connectivity index is 2.40. The molecule has 2 saturated carbocycles. The number of hydrogen-bond donors (Lipinski definition) is 1. The first kappa shape index (κ1) is 11.1. The summed E-state index contributed by atoms with van der Waals surface area (Å²) >= 11 is 0. The van der Waals surface area contributed by atoms with E-state index in [4.69, 9.17) is 0 Å². The standard InChI is InChI=1S/C13H22O2/c1-9(14)7-13(15)11(2,3)10-5-6-12(13,4)8-10/h10,15H,5-8H2,1-4H3/t10-,12+,13-/m0/s1. The first-order chi connectivity index (χ1) is 6.73. The van der Waals surface area contributed by atoms with Crippen molar-refractivity contribution >= 4 is 5.78 Å². The molecule has 2 fully saturated rings. The second-order valence-electron chi connectivity index (χ2n) is 6.46. The van der Waals surface area contributed by atoms with Gasteiger partial charge in [-0.05, 0) is 42.9 Å². The number of aliphatic hydroxyl groups is 1. The Labute approximate surface area is 92.1 Å². The minimum Gasteiger partial charge on any atom is -0.388 e. The fraction of sp³-hybridized carbons (Fsp3) is 0.923. The van der Waals surface area contributed by atoms with Crippen LogP contribution in [0.3, 0.4) is 0 Å². The average molecular weight is 210 g/mol. The highest BCUT2D eigenvalue weighted by molar-refractivity contribution is 5.77. The molecule has 2 bridgehead atoms. The first-order valence-electron chi connectivity index (χ1n) is 5.95. The summed E-state index contributed by atoms with van der Waals surface area (Å²) in [6, 6.07) is 0. The van der Waals surface area contributed by atoms with Crippen molar-refractivity contribution in [2.45, 2.75) is 59.0 Å². The average Bonchev–Trinajstić information content (AvgIpc) is 2.51. The number of Topliss-reactive ketones (excluding diaryl/α,β-unsaturated/α-hetero) is 1. The monoisotopic (exact) mass is 210 g/mol. The van der Waals surface area contributed by atoms with Gasteiger partial charge in [-0.1, -0.05) is 20.8 Å². The third-order valence-corrected chi connectivity index (χ3v) is 5.33. The first-order valence-corrected chi connectivity index (χ1v) is 5.95. The van der Waals surface area contributed by atoms with Crippen LogP contribution in [-0.2, 0) is 4.79 Å². The molecule has 0 heterocycles. The molecule has 2 aliphatic rings. The van der Waals surface area contributed by atoms with Gasteiger partial charge in [-0.25, -0.2) is 0 Å². The smallest absolute Gasteiger partial charge is 0.132 e. The number of fused-ring (bicyclic) bond motifs is 2. The molecule has 1 N–H and O–H groups in total. The van der Waals surface area contributed by atoms with Gasteiger partial charge in [0.2, 0.25) is 0 Å². The maximum absolute atomic E-state index is 11.4. The van der Waals surface area contributed by atoms with E-state index in [1.807, 2.05) is 0 Å². The molecule has 0 radical (unpaired) electrons. The SMILES string of the molecule is CC(=O)C[C@]1(O)C(C)(C)[C@H]2CC[C@]1(C)C2. The van der Waals surface area contributed by atoms with E-state index in [9.17, 15) is 9.90 Å². The molecule has 86 valence electrons. The van der Waals surface area contributed by atoms with E-state index in [-0.39, 0.29) is 16.6 Å². The van der Waals surface area contributed by atoms with Crippen molar-refractivity contribution in [2.75, 3.05) is 0 Å². The van der Waals surface area contributed by atoms with E-state index in [0.717, 1.165) is 12.8 Å². The molecule has 2 aliphatic carbocycles. The molecule has 0 aromatic heterocycles. The van der Waals surface area contributed by atoms with Gasteiger partial charge in [0.25, 0.3) is 0 Å². The second kappa shape index (κ2) is 2.85. The van der Waals surface area contributed by atoms with Crippen LogP contribution in [0.5, 0.6) is 0 Å². The molecule has 0 amide bonds. The molecule has 0 aromatic rings. The molecule has 2 nitrogen and oxygen atoms in total. The van der Waals surface area contributed by atoms with Gasteiger partial charge < -0.3 is 5.11 Å². The highest BCUT2D eigenvalue weighted by Crippen LogP contribution is 2.68. The Kier molecular flexibility index (Phi) is 2.11. The van der Waals surface area contributed by atoms with Crippen molar-refractivity contribution in [1.29, 1.82) is 0 Å². The minimum absolute atomic E-state index is 0.0349. The van der Waals surface area contributed by atoms with Crippen LogP contribution in [0.1, 0.15) is 53.4 Å². The molecule has 0 spiro atoms. The van der Waals surface area contributed by atoms with Crippen molar-refractivity contribution < 1.29 is 9.90 Å². The van der Waals surface area contributed by atoms with Crippen LogP contribution in [-0.4, -0.2) is 16.5 Å². The summed E-state index contributed by atoms with van der Waals surface area (Å²) in [6.45, 7) is 8.00. The van der Waals surface area contributed by atoms with Crippen LogP contribution >= 0.6 is 0 Å². The van der Waals surface area contributed by atoms with Crippen molar-refractivity contribution in [1.82, 2.24) is 0 Å². The van der Waals surface area contributed by atoms with Crippen LogP contribution in [0.15, 0.2) is 0 Å². The Hall–Kier alpha value is -0.370. The molecule has 2 rings (SSSR count). The van der Waals surface area contributed by atoms with Gasteiger partial charge in [-0.3, -0.25) is 4.79 Å².